The summed E-state index contributed by atoms with van der Waals surface area (Å²) < 4.78 is 5.95. The molecule has 2 rings (SSSR count). The Bertz CT molecular complexity index is 551. The number of carbonyl (C=O) groups excluding carboxylic acids is 2. The average Bonchev–Trinajstić information content (AvgIpc) is 2.75. The lowest BCUT2D eigenvalue weighted by atomic mass is 10.2. The van der Waals surface area contributed by atoms with E-state index in [0.29, 0.717) is 17.0 Å². The van der Waals surface area contributed by atoms with Gasteiger partial charge in [0.2, 0.25) is 0 Å². The number of ether oxygens (including phenoxy) is 1. The predicted octanol–water partition coefficient (Wildman–Crippen LogP) is 3.34. The van der Waals surface area contributed by atoms with Gasteiger partial charge in [0.15, 0.2) is 5.78 Å². The third-order valence-corrected chi connectivity index (χ3v) is 4.47. The molecular weight excluding hydrogens is 244 g/mol. The Labute approximate surface area is 101 Å². The SMILES string of the molecule is CCOC(=O)c1csc2sc(C(C)=O)cc12. The lowest BCUT2D eigenvalue weighted by Gasteiger charge is -1.97. The first kappa shape index (κ1) is 11.3. The summed E-state index contributed by atoms with van der Waals surface area (Å²) in [5, 5.41) is 2.61. The second kappa shape index (κ2) is 4.35. The van der Waals surface area contributed by atoms with Crippen LogP contribution in [0.2, 0.25) is 0 Å². The van der Waals surface area contributed by atoms with Gasteiger partial charge in [-0.3, -0.25) is 4.79 Å². The highest BCUT2D eigenvalue weighted by molar-refractivity contribution is 7.38. The molecule has 84 valence electrons. The molecule has 0 aliphatic rings. The summed E-state index contributed by atoms with van der Waals surface area (Å²) in [6.07, 6.45) is 0. The van der Waals surface area contributed by atoms with Crippen molar-refractivity contribution in [1.82, 2.24) is 0 Å². The lowest BCUT2D eigenvalue weighted by Crippen LogP contribution is -2.03. The molecule has 0 spiro atoms. The van der Waals surface area contributed by atoms with Gasteiger partial charge >= 0.3 is 5.97 Å². The van der Waals surface area contributed by atoms with E-state index >= 15 is 0 Å². The maximum Gasteiger partial charge on any atom is 0.339 e. The Hall–Kier alpha value is -1.20. The van der Waals surface area contributed by atoms with Crippen molar-refractivity contribution >= 4 is 43.8 Å². The molecule has 0 unspecified atom stereocenters. The van der Waals surface area contributed by atoms with Gasteiger partial charge in [0.25, 0.3) is 0 Å². The van der Waals surface area contributed by atoms with Gasteiger partial charge in [0, 0.05) is 10.8 Å². The van der Waals surface area contributed by atoms with Crippen LogP contribution in [0.3, 0.4) is 0 Å². The molecule has 0 radical (unpaired) electrons. The zero-order valence-corrected chi connectivity index (χ0v) is 10.5. The van der Waals surface area contributed by atoms with Crippen molar-refractivity contribution in [3.05, 3.63) is 21.9 Å². The fourth-order valence-electron chi connectivity index (χ4n) is 1.37. The molecule has 0 saturated carbocycles. The molecule has 0 fully saturated rings. The van der Waals surface area contributed by atoms with E-state index in [1.54, 1.807) is 18.4 Å². The molecule has 0 saturated heterocycles. The van der Waals surface area contributed by atoms with Crippen LogP contribution in [0.4, 0.5) is 0 Å². The summed E-state index contributed by atoms with van der Waals surface area (Å²) in [7, 11) is 0. The van der Waals surface area contributed by atoms with Crippen molar-refractivity contribution < 1.29 is 14.3 Å². The monoisotopic (exact) mass is 254 g/mol. The van der Waals surface area contributed by atoms with Gasteiger partial charge in [-0.2, -0.15) is 0 Å². The van der Waals surface area contributed by atoms with Gasteiger partial charge < -0.3 is 4.74 Å². The fraction of sp³-hybridized carbons (Fsp3) is 0.273. The van der Waals surface area contributed by atoms with Crippen LogP contribution in [0.1, 0.15) is 33.9 Å². The fourth-order valence-corrected chi connectivity index (χ4v) is 3.52. The lowest BCUT2D eigenvalue weighted by molar-refractivity contribution is 0.0529. The van der Waals surface area contributed by atoms with Gasteiger partial charge in [-0.15, -0.1) is 22.7 Å². The van der Waals surface area contributed by atoms with E-state index in [9.17, 15) is 9.59 Å². The Balaban J connectivity index is 2.47. The van der Waals surface area contributed by atoms with Crippen LogP contribution in [-0.2, 0) is 4.74 Å². The molecular formula is C11H10O3S2. The van der Waals surface area contributed by atoms with Crippen molar-refractivity contribution in [1.29, 1.82) is 0 Å². The van der Waals surface area contributed by atoms with E-state index in [1.807, 2.05) is 0 Å². The quantitative estimate of drug-likeness (QED) is 0.623. The number of ketones is 1. The maximum absolute atomic E-state index is 11.6. The molecule has 0 atom stereocenters. The third-order valence-electron chi connectivity index (χ3n) is 2.11. The summed E-state index contributed by atoms with van der Waals surface area (Å²) in [5.74, 6) is -0.287. The van der Waals surface area contributed by atoms with Crippen LogP contribution in [0.5, 0.6) is 0 Å². The summed E-state index contributed by atoms with van der Waals surface area (Å²) >= 11 is 2.89. The number of Topliss-reactive ketones (excluding diaryl/α,β-unsaturated/α-hetero) is 1. The van der Waals surface area contributed by atoms with E-state index < -0.39 is 0 Å². The molecule has 16 heavy (non-hydrogen) atoms. The van der Waals surface area contributed by atoms with Crippen LogP contribution in [0.15, 0.2) is 11.4 Å². The van der Waals surface area contributed by atoms with E-state index in [1.165, 1.54) is 29.6 Å². The molecule has 5 heteroatoms. The minimum absolute atomic E-state index is 0.0307. The Morgan fingerprint density at radius 2 is 2.19 bits per heavy atom. The van der Waals surface area contributed by atoms with Gasteiger partial charge in [0.05, 0.1) is 21.1 Å². The second-order valence-corrected chi connectivity index (χ2v) is 5.43. The minimum atomic E-state index is -0.318. The third kappa shape index (κ3) is 1.88. The maximum atomic E-state index is 11.6. The van der Waals surface area contributed by atoms with E-state index in [4.69, 9.17) is 4.74 Å². The van der Waals surface area contributed by atoms with Crippen molar-refractivity contribution in [3.8, 4) is 0 Å². The number of thiophene rings is 2. The van der Waals surface area contributed by atoms with Crippen LogP contribution < -0.4 is 0 Å². The van der Waals surface area contributed by atoms with Gasteiger partial charge in [-0.1, -0.05) is 0 Å². The smallest absolute Gasteiger partial charge is 0.339 e. The molecule has 2 aromatic heterocycles. The zero-order chi connectivity index (χ0) is 11.7. The van der Waals surface area contributed by atoms with Crippen molar-refractivity contribution in [2.75, 3.05) is 6.61 Å². The number of rotatable bonds is 3. The van der Waals surface area contributed by atoms with Crippen LogP contribution >= 0.6 is 22.7 Å². The number of hydrogen-bond acceptors (Lipinski definition) is 5. The van der Waals surface area contributed by atoms with Crippen molar-refractivity contribution in [2.45, 2.75) is 13.8 Å². The summed E-state index contributed by atoms with van der Waals surface area (Å²) in [6, 6.07) is 1.77. The molecule has 2 heterocycles. The first-order valence-corrected chi connectivity index (χ1v) is 6.52. The van der Waals surface area contributed by atoms with Crippen molar-refractivity contribution in [2.24, 2.45) is 0 Å². The molecule has 0 aliphatic carbocycles. The molecule has 2 aromatic rings. The number of esters is 1. The standard InChI is InChI=1S/C11H10O3S2/c1-3-14-10(13)8-5-15-11-7(8)4-9(16-11)6(2)12/h4-5H,3H2,1-2H3. The summed E-state index contributed by atoms with van der Waals surface area (Å²) in [5.41, 5.74) is 0.561. The normalized spacial score (nSPS) is 10.6. The molecule has 0 N–H and O–H groups in total. The summed E-state index contributed by atoms with van der Waals surface area (Å²) in [6.45, 7) is 3.66. The summed E-state index contributed by atoms with van der Waals surface area (Å²) in [4.78, 5) is 23.5. The Morgan fingerprint density at radius 1 is 1.44 bits per heavy atom. The van der Waals surface area contributed by atoms with Gasteiger partial charge in [-0.25, -0.2) is 4.79 Å². The topological polar surface area (TPSA) is 43.4 Å². The van der Waals surface area contributed by atoms with E-state index in [-0.39, 0.29) is 11.8 Å². The van der Waals surface area contributed by atoms with E-state index in [0.717, 1.165) is 9.40 Å². The van der Waals surface area contributed by atoms with Crippen LogP contribution in [-0.4, -0.2) is 18.4 Å². The number of fused-ring (bicyclic) bond motifs is 1. The Morgan fingerprint density at radius 3 is 2.81 bits per heavy atom. The first-order chi connectivity index (χ1) is 7.63. The number of hydrogen-bond donors (Lipinski definition) is 0. The second-order valence-electron chi connectivity index (χ2n) is 3.24. The first-order valence-electron chi connectivity index (χ1n) is 4.82. The average molecular weight is 254 g/mol. The molecule has 0 amide bonds. The highest BCUT2D eigenvalue weighted by Gasteiger charge is 2.16. The molecule has 0 bridgehead atoms. The molecule has 0 aliphatic heterocycles. The Kier molecular flexibility index (Phi) is 3.07. The van der Waals surface area contributed by atoms with Crippen LogP contribution in [0, 0.1) is 0 Å². The van der Waals surface area contributed by atoms with Gasteiger partial charge in [-0.05, 0) is 19.9 Å². The van der Waals surface area contributed by atoms with Crippen LogP contribution in [0.25, 0.3) is 9.40 Å². The highest BCUT2D eigenvalue weighted by atomic mass is 32.2. The molecule has 0 aromatic carbocycles. The van der Waals surface area contributed by atoms with E-state index in [2.05, 4.69) is 0 Å². The largest absolute Gasteiger partial charge is 0.462 e. The van der Waals surface area contributed by atoms with Gasteiger partial charge in [0.1, 0.15) is 0 Å². The van der Waals surface area contributed by atoms with Crippen molar-refractivity contribution in [3.63, 3.8) is 0 Å². The number of carbonyl (C=O) groups is 2. The minimum Gasteiger partial charge on any atom is -0.462 e. The zero-order valence-electron chi connectivity index (χ0n) is 8.90. The molecule has 3 nitrogen and oxygen atoms in total. The highest BCUT2D eigenvalue weighted by Crippen LogP contribution is 2.34. The predicted molar refractivity (Wildman–Crippen MR) is 65.7 cm³/mol.